The van der Waals surface area contributed by atoms with Gasteiger partial charge >= 0.3 is 5.97 Å². The molecule has 440 valence electrons. The van der Waals surface area contributed by atoms with Crippen molar-refractivity contribution in [2.24, 2.45) is 0 Å². The van der Waals surface area contributed by atoms with E-state index in [-0.39, 0.29) is 18.5 Å². The van der Waals surface area contributed by atoms with E-state index in [9.17, 15) is 19.8 Å². The van der Waals surface area contributed by atoms with Crippen LogP contribution in [-0.2, 0) is 14.3 Å². The predicted octanol–water partition coefficient (Wildman–Crippen LogP) is 21.3. The highest BCUT2D eigenvalue weighted by Crippen LogP contribution is 2.17. The molecule has 0 rings (SSSR count). The van der Waals surface area contributed by atoms with E-state index in [1.54, 1.807) is 6.08 Å². The lowest BCUT2D eigenvalue weighted by Crippen LogP contribution is -2.45. The van der Waals surface area contributed by atoms with Gasteiger partial charge in [0.1, 0.15) is 0 Å². The van der Waals surface area contributed by atoms with E-state index < -0.39 is 12.1 Å². The van der Waals surface area contributed by atoms with Gasteiger partial charge in [0, 0.05) is 12.8 Å². The molecule has 2 atom stereocenters. The summed E-state index contributed by atoms with van der Waals surface area (Å²) in [5.41, 5.74) is 0. The average molecular weight is 1050 g/mol. The lowest BCUT2D eigenvalue weighted by molar-refractivity contribution is -0.143. The fourth-order valence-corrected chi connectivity index (χ4v) is 10.2. The van der Waals surface area contributed by atoms with Gasteiger partial charge in [0.15, 0.2) is 0 Å². The van der Waals surface area contributed by atoms with Crippen molar-refractivity contribution in [1.82, 2.24) is 5.32 Å². The lowest BCUT2D eigenvalue weighted by atomic mass is 10.0. The van der Waals surface area contributed by atoms with Crippen molar-refractivity contribution in [2.45, 2.75) is 366 Å². The van der Waals surface area contributed by atoms with Crippen LogP contribution in [0.4, 0.5) is 0 Å². The van der Waals surface area contributed by atoms with Crippen LogP contribution >= 0.6 is 0 Å². The van der Waals surface area contributed by atoms with Crippen LogP contribution in [0.1, 0.15) is 354 Å². The van der Waals surface area contributed by atoms with E-state index in [0.29, 0.717) is 19.4 Å². The van der Waals surface area contributed by atoms with Crippen molar-refractivity contribution in [3.63, 3.8) is 0 Å². The summed E-state index contributed by atoms with van der Waals surface area (Å²) in [6.07, 6.45) is 83.1. The normalized spacial score (nSPS) is 12.9. The summed E-state index contributed by atoms with van der Waals surface area (Å²) >= 11 is 0. The van der Waals surface area contributed by atoms with E-state index in [4.69, 9.17) is 4.74 Å². The van der Waals surface area contributed by atoms with Gasteiger partial charge in [0.2, 0.25) is 5.91 Å². The zero-order valence-corrected chi connectivity index (χ0v) is 50.3. The topological polar surface area (TPSA) is 95.9 Å². The smallest absolute Gasteiger partial charge is 0.305 e. The maximum atomic E-state index is 12.5. The summed E-state index contributed by atoms with van der Waals surface area (Å²) in [7, 11) is 0. The number of amides is 1. The number of aliphatic hydroxyl groups excluding tert-OH is 2. The Morgan fingerprint density at radius 3 is 1.03 bits per heavy atom. The minimum atomic E-state index is -0.850. The van der Waals surface area contributed by atoms with Crippen LogP contribution in [0.15, 0.2) is 48.6 Å². The molecule has 6 nitrogen and oxygen atoms in total. The van der Waals surface area contributed by atoms with E-state index in [2.05, 4.69) is 55.6 Å². The Bertz CT molecular complexity index is 1260. The average Bonchev–Trinajstić information content (AvgIpc) is 3.41. The van der Waals surface area contributed by atoms with Gasteiger partial charge in [-0.3, -0.25) is 9.59 Å². The molecule has 0 spiro atoms. The van der Waals surface area contributed by atoms with Crippen molar-refractivity contribution in [1.29, 1.82) is 0 Å². The van der Waals surface area contributed by atoms with E-state index in [1.165, 1.54) is 276 Å². The maximum absolute atomic E-state index is 12.5. The first-order valence-corrected chi connectivity index (χ1v) is 33.4. The second-order valence-corrected chi connectivity index (χ2v) is 22.8. The number of nitrogens with one attached hydrogen (secondary N) is 1. The van der Waals surface area contributed by atoms with Crippen LogP contribution in [0, 0.1) is 0 Å². The molecule has 75 heavy (non-hydrogen) atoms. The van der Waals surface area contributed by atoms with Gasteiger partial charge in [-0.15, -0.1) is 0 Å². The molecule has 0 aliphatic carbocycles. The first-order chi connectivity index (χ1) is 37.0. The molecule has 0 saturated heterocycles. The number of rotatable bonds is 62. The van der Waals surface area contributed by atoms with Gasteiger partial charge in [0.05, 0.1) is 25.4 Å². The minimum absolute atomic E-state index is 0.00116. The van der Waals surface area contributed by atoms with Crippen LogP contribution in [0.2, 0.25) is 0 Å². The Morgan fingerprint density at radius 2 is 0.667 bits per heavy atom. The molecule has 0 aromatic rings. The molecule has 2 unspecified atom stereocenters. The lowest BCUT2D eigenvalue weighted by Gasteiger charge is -2.20. The van der Waals surface area contributed by atoms with E-state index in [1.807, 2.05) is 6.08 Å². The monoisotopic (exact) mass is 1050 g/mol. The van der Waals surface area contributed by atoms with Crippen molar-refractivity contribution < 1.29 is 24.5 Å². The van der Waals surface area contributed by atoms with Gasteiger partial charge in [-0.25, -0.2) is 0 Å². The molecular formula is C69H129NO5. The Balaban J connectivity index is 3.46. The largest absolute Gasteiger partial charge is 0.466 e. The molecule has 0 bridgehead atoms. The van der Waals surface area contributed by atoms with Crippen molar-refractivity contribution in [3.05, 3.63) is 48.6 Å². The summed E-state index contributed by atoms with van der Waals surface area (Å²) in [6.45, 7) is 4.91. The third-order valence-electron chi connectivity index (χ3n) is 15.3. The highest BCUT2D eigenvalue weighted by atomic mass is 16.5. The molecule has 0 aromatic heterocycles. The summed E-state index contributed by atoms with van der Waals surface area (Å²) < 4.78 is 5.48. The predicted molar refractivity (Wildman–Crippen MR) is 329 cm³/mol. The Kier molecular flexibility index (Phi) is 62.5. The quantitative estimate of drug-likeness (QED) is 0.0320. The minimum Gasteiger partial charge on any atom is -0.466 e. The molecule has 0 radical (unpaired) electrons. The molecule has 1 amide bonds. The van der Waals surface area contributed by atoms with Gasteiger partial charge in [0.25, 0.3) is 0 Å². The summed E-state index contributed by atoms with van der Waals surface area (Å²) in [6, 6.07) is -0.634. The van der Waals surface area contributed by atoms with E-state index in [0.717, 1.165) is 51.4 Å². The number of allylic oxidation sites excluding steroid dienone is 7. The van der Waals surface area contributed by atoms with Gasteiger partial charge in [-0.2, -0.15) is 0 Å². The highest BCUT2D eigenvalue weighted by Gasteiger charge is 2.18. The summed E-state index contributed by atoms with van der Waals surface area (Å²) in [5.74, 6) is -0.0714. The molecule has 6 heteroatoms. The van der Waals surface area contributed by atoms with Crippen LogP contribution in [-0.4, -0.2) is 47.4 Å². The van der Waals surface area contributed by atoms with Crippen molar-refractivity contribution in [2.75, 3.05) is 13.2 Å². The molecular weight excluding hydrogens is 923 g/mol. The fourth-order valence-electron chi connectivity index (χ4n) is 10.2. The zero-order chi connectivity index (χ0) is 54.3. The van der Waals surface area contributed by atoms with Gasteiger partial charge in [-0.1, -0.05) is 300 Å². The maximum Gasteiger partial charge on any atom is 0.305 e. The standard InChI is InChI=1S/C69H129NO5/c1-3-5-7-9-11-13-15-17-19-30-33-37-41-45-49-53-57-61-67(72)66(65-71)70-68(73)62-58-54-50-46-42-38-34-31-28-26-24-22-21-23-25-27-29-32-36-40-44-48-52-56-60-64-75-69(74)63-59-55-51-47-43-39-35-20-18-16-14-12-10-8-6-4-2/h20,22-25,35,57,61,66-67,71-72H,3-19,21,26-34,36-56,58-60,62-65H2,1-2H3,(H,70,73)/b24-22-,25-23-,35-20-,61-57+. The summed E-state index contributed by atoms with van der Waals surface area (Å²) in [5, 5.41) is 23.2. The number of ether oxygens (including phenoxy) is 1. The second-order valence-electron chi connectivity index (χ2n) is 22.8. The first-order valence-electron chi connectivity index (χ1n) is 33.4. The molecule has 0 heterocycles. The van der Waals surface area contributed by atoms with Crippen LogP contribution in [0.25, 0.3) is 0 Å². The molecule has 0 aliphatic rings. The van der Waals surface area contributed by atoms with Crippen LogP contribution < -0.4 is 5.32 Å². The molecule has 3 N–H and O–H groups in total. The molecule has 0 aliphatic heterocycles. The zero-order valence-electron chi connectivity index (χ0n) is 50.3. The fraction of sp³-hybridized carbons (Fsp3) is 0.855. The number of hydrogen-bond acceptors (Lipinski definition) is 5. The summed E-state index contributed by atoms with van der Waals surface area (Å²) in [4.78, 5) is 24.6. The number of aliphatic hydroxyl groups is 2. The van der Waals surface area contributed by atoms with E-state index >= 15 is 0 Å². The Hall–Kier alpha value is -2.18. The number of carbonyl (C=O) groups is 2. The van der Waals surface area contributed by atoms with Gasteiger partial charge in [-0.05, 0) is 89.9 Å². The Morgan fingerprint density at radius 1 is 0.373 bits per heavy atom. The highest BCUT2D eigenvalue weighted by molar-refractivity contribution is 5.76. The first kappa shape index (κ1) is 72.8. The second kappa shape index (κ2) is 64.3. The number of carbonyl (C=O) groups excluding carboxylic acids is 2. The number of esters is 1. The number of unbranched alkanes of at least 4 members (excludes halogenated alkanes) is 45. The van der Waals surface area contributed by atoms with Crippen molar-refractivity contribution >= 4 is 11.9 Å². The molecule has 0 aromatic carbocycles. The number of hydrogen-bond donors (Lipinski definition) is 3. The third kappa shape index (κ3) is 60.9. The Labute approximate surface area is 467 Å². The third-order valence-corrected chi connectivity index (χ3v) is 15.3. The molecule has 0 fully saturated rings. The SMILES string of the molecule is CCCCCCCCC/C=C\CCCCCCCC(=O)OCCCCCCCCCCC/C=C\C/C=C\CCCCCCCCCCCC(=O)NC(CO)C(O)/C=C/CCCCCCCCCCCCCCCCC. The van der Waals surface area contributed by atoms with Crippen LogP contribution in [0.3, 0.4) is 0 Å². The van der Waals surface area contributed by atoms with Crippen LogP contribution in [0.5, 0.6) is 0 Å². The van der Waals surface area contributed by atoms with Crippen molar-refractivity contribution in [3.8, 4) is 0 Å². The molecule has 0 saturated carbocycles. The van der Waals surface area contributed by atoms with Gasteiger partial charge < -0.3 is 20.3 Å².